The van der Waals surface area contributed by atoms with E-state index in [-0.39, 0.29) is 0 Å². The summed E-state index contributed by atoms with van der Waals surface area (Å²) in [6.07, 6.45) is 8.00. The smallest absolute Gasteiger partial charge is 0.248 e. The topological polar surface area (TPSA) is 48.8 Å². The van der Waals surface area contributed by atoms with E-state index in [2.05, 4.69) is 198 Å². The molecule has 8 aromatic carbocycles. The predicted molar refractivity (Wildman–Crippen MR) is 250 cm³/mol. The van der Waals surface area contributed by atoms with Gasteiger partial charge in [-0.3, -0.25) is 4.57 Å². The Morgan fingerprint density at radius 3 is 1.92 bits per heavy atom. The van der Waals surface area contributed by atoms with Crippen molar-refractivity contribution in [3.63, 3.8) is 0 Å². The van der Waals surface area contributed by atoms with Gasteiger partial charge in [-0.25, -0.2) is 4.98 Å². The Kier molecular flexibility index (Phi) is 6.99. The molecule has 5 heteroatoms. The summed E-state index contributed by atoms with van der Waals surface area (Å²) < 4.78 is 11.3. The highest BCUT2D eigenvalue weighted by atomic mass is 16.3. The number of allylic oxidation sites excluding steroid dienone is 4. The van der Waals surface area contributed by atoms with E-state index < -0.39 is 0 Å². The molecule has 0 fully saturated rings. The molecule has 4 heterocycles. The molecule has 0 amide bonds. The Morgan fingerprint density at radius 2 is 1.12 bits per heavy atom. The standard InChI is InChI=1S/C55H36N4O/c1-33-11-10-16-41(27-33)58-47-19-8-6-17-42(47)44-31-40(23-25-49(44)58)52-54(59-48-20-9-7-18-43(48)45-29-36-14-4-5-15-37(36)32-50(45)59)57-55-53(56-52)46-30-39(24-26-51(46)60-55)38-22-21-34-12-2-3-13-35(34)28-38/h2-10,12-33H,11H2,1H3. The summed E-state index contributed by atoms with van der Waals surface area (Å²) in [4.78, 5) is 11.1. The van der Waals surface area contributed by atoms with Gasteiger partial charge in [0.1, 0.15) is 16.8 Å². The Morgan fingerprint density at radius 1 is 0.500 bits per heavy atom. The fourth-order valence-electron chi connectivity index (χ4n) is 9.71. The Labute approximate surface area is 344 Å². The lowest BCUT2D eigenvalue weighted by molar-refractivity contribution is 0.652. The lowest BCUT2D eigenvalue weighted by atomic mass is 10.00. The molecule has 0 radical (unpaired) electrons. The lowest BCUT2D eigenvalue weighted by Gasteiger charge is -2.16. The number of aromatic nitrogens is 4. The fourth-order valence-corrected chi connectivity index (χ4v) is 9.71. The maximum absolute atomic E-state index is 6.64. The highest BCUT2D eigenvalue weighted by Crippen LogP contribution is 2.42. The summed E-state index contributed by atoms with van der Waals surface area (Å²) in [5, 5.41) is 10.4. The van der Waals surface area contributed by atoms with Crippen molar-refractivity contribution in [1.82, 2.24) is 19.1 Å². The molecule has 1 atom stereocenters. The van der Waals surface area contributed by atoms with E-state index in [0.29, 0.717) is 11.6 Å². The third-order valence-electron chi connectivity index (χ3n) is 12.6. The molecule has 0 spiro atoms. The first-order valence-electron chi connectivity index (χ1n) is 20.7. The van der Waals surface area contributed by atoms with Gasteiger partial charge in [0, 0.05) is 38.2 Å². The van der Waals surface area contributed by atoms with Crippen LogP contribution < -0.4 is 0 Å². The van der Waals surface area contributed by atoms with Crippen LogP contribution >= 0.6 is 0 Å². The van der Waals surface area contributed by atoms with Gasteiger partial charge in [-0.15, -0.1) is 0 Å². The van der Waals surface area contributed by atoms with E-state index >= 15 is 0 Å². The monoisotopic (exact) mass is 768 g/mol. The fraction of sp³-hybridized carbons (Fsp3) is 0.0545. The first-order valence-corrected chi connectivity index (χ1v) is 20.7. The molecule has 282 valence electrons. The van der Waals surface area contributed by atoms with Crippen LogP contribution in [0.1, 0.15) is 13.3 Å². The number of furan rings is 1. The maximum Gasteiger partial charge on any atom is 0.248 e. The zero-order valence-corrected chi connectivity index (χ0v) is 32.8. The molecular formula is C55H36N4O. The second-order valence-corrected chi connectivity index (χ2v) is 16.3. The first kappa shape index (κ1) is 33.2. The largest absolute Gasteiger partial charge is 0.436 e. The van der Waals surface area contributed by atoms with Crippen LogP contribution in [0.2, 0.25) is 0 Å². The quantitative estimate of drug-likeness (QED) is 0.179. The predicted octanol–water partition coefficient (Wildman–Crippen LogP) is 14.7. The zero-order valence-electron chi connectivity index (χ0n) is 32.8. The van der Waals surface area contributed by atoms with E-state index in [1.54, 1.807) is 0 Å². The van der Waals surface area contributed by atoms with Crippen molar-refractivity contribution in [2.75, 3.05) is 0 Å². The number of benzene rings is 8. The van der Waals surface area contributed by atoms with Gasteiger partial charge < -0.3 is 8.98 Å². The number of hydrogen-bond acceptors (Lipinski definition) is 3. The van der Waals surface area contributed by atoms with E-state index in [1.165, 1.54) is 48.9 Å². The highest BCUT2D eigenvalue weighted by molar-refractivity contribution is 6.15. The number of rotatable bonds is 4. The molecule has 0 N–H and O–H groups in total. The number of fused-ring (bicyclic) bond motifs is 11. The van der Waals surface area contributed by atoms with Gasteiger partial charge in [0.2, 0.25) is 5.71 Å². The molecule has 1 aliphatic rings. The molecule has 1 unspecified atom stereocenters. The van der Waals surface area contributed by atoms with Crippen LogP contribution in [0.4, 0.5) is 0 Å². The molecule has 5 nitrogen and oxygen atoms in total. The van der Waals surface area contributed by atoms with Crippen LogP contribution in [0, 0.1) is 5.92 Å². The average molecular weight is 769 g/mol. The SMILES string of the molecule is CC1C=C(n2c3ccccc3c3cc(-c4nc5c(nc4-n4c6ccccc6c6cc7ccccc7cc64)oc4ccc(-c6ccc7ccccc7c6)cc45)ccc32)C=CC1. The van der Waals surface area contributed by atoms with Gasteiger partial charge in [0.25, 0.3) is 0 Å². The van der Waals surface area contributed by atoms with Crippen molar-refractivity contribution in [3.05, 3.63) is 182 Å². The van der Waals surface area contributed by atoms with Gasteiger partial charge in [0.05, 0.1) is 22.1 Å². The summed E-state index contributed by atoms with van der Waals surface area (Å²) >= 11 is 0. The van der Waals surface area contributed by atoms with Crippen LogP contribution in [0.15, 0.2) is 186 Å². The summed E-state index contributed by atoms with van der Waals surface area (Å²) in [7, 11) is 0. The van der Waals surface area contributed by atoms with Crippen LogP contribution in [-0.2, 0) is 0 Å². The first-order chi connectivity index (χ1) is 29.6. The molecule has 13 rings (SSSR count). The number of para-hydroxylation sites is 2. The maximum atomic E-state index is 6.64. The summed E-state index contributed by atoms with van der Waals surface area (Å²) in [6.45, 7) is 2.29. The van der Waals surface area contributed by atoms with Crippen LogP contribution in [0.25, 0.3) is 121 Å². The van der Waals surface area contributed by atoms with Crippen molar-refractivity contribution in [3.8, 4) is 28.2 Å². The number of nitrogens with zero attached hydrogens (tertiary/aromatic N) is 4. The second kappa shape index (κ2) is 12.6. The minimum Gasteiger partial charge on any atom is -0.436 e. The van der Waals surface area contributed by atoms with E-state index in [9.17, 15) is 0 Å². The third-order valence-corrected chi connectivity index (χ3v) is 12.6. The van der Waals surface area contributed by atoms with Crippen molar-refractivity contribution in [2.24, 2.45) is 5.92 Å². The number of hydrogen-bond donors (Lipinski definition) is 0. The van der Waals surface area contributed by atoms with Gasteiger partial charge in [-0.1, -0.05) is 128 Å². The Balaban J connectivity index is 1.11. The van der Waals surface area contributed by atoms with Gasteiger partial charge >= 0.3 is 0 Å². The summed E-state index contributed by atoms with van der Waals surface area (Å²) in [5.74, 6) is 1.20. The molecule has 0 saturated carbocycles. The average Bonchev–Trinajstić information content (AvgIpc) is 3.94. The van der Waals surface area contributed by atoms with Gasteiger partial charge in [-0.2, -0.15) is 4.98 Å². The molecular weight excluding hydrogens is 733 g/mol. The minimum atomic E-state index is 0.472. The van der Waals surface area contributed by atoms with Crippen molar-refractivity contribution >= 4 is 93.1 Å². The van der Waals surface area contributed by atoms with Crippen LogP contribution in [0.5, 0.6) is 0 Å². The van der Waals surface area contributed by atoms with E-state index in [4.69, 9.17) is 14.4 Å². The molecule has 12 aromatic rings. The normalized spacial score (nSPS) is 14.6. The Hall–Kier alpha value is -7.76. The Bertz CT molecular complexity index is 3840. The molecule has 0 bridgehead atoms. The van der Waals surface area contributed by atoms with Crippen LogP contribution in [0.3, 0.4) is 0 Å². The summed E-state index contributed by atoms with van der Waals surface area (Å²) in [6, 6.07) is 58.9. The molecule has 4 aromatic heterocycles. The molecule has 0 saturated heterocycles. The van der Waals surface area contributed by atoms with Gasteiger partial charge in [-0.05, 0) is 106 Å². The van der Waals surface area contributed by atoms with Crippen molar-refractivity contribution in [2.45, 2.75) is 13.3 Å². The minimum absolute atomic E-state index is 0.472. The molecule has 60 heavy (non-hydrogen) atoms. The van der Waals surface area contributed by atoms with E-state index in [0.717, 1.165) is 73.0 Å². The van der Waals surface area contributed by atoms with Crippen LogP contribution in [-0.4, -0.2) is 19.1 Å². The highest BCUT2D eigenvalue weighted by Gasteiger charge is 2.24. The lowest BCUT2D eigenvalue weighted by Crippen LogP contribution is -2.03. The van der Waals surface area contributed by atoms with Crippen molar-refractivity contribution in [1.29, 1.82) is 0 Å². The molecule has 1 aliphatic carbocycles. The zero-order chi connectivity index (χ0) is 39.5. The second-order valence-electron chi connectivity index (χ2n) is 16.3. The van der Waals surface area contributed by atoms with E-state index in [1.807, 2.05) is 0 Å². The van der Waals surface area contributed by atoms with Crippen molar-refractivity contribution < 1.29 is 4.42 Å². The third kappa shape index (κ3) is 4.93. The van der Waals surface area contributed by atoms with Gasteiger partial charge in [0.15, 0.2) is 5.82 Å². The summed E-state index contributed by atoms with van der Waals surface area (Å²) in [5.41, 5.74) is 11.7. The molecule has 0 aliphatic heterocycles.